The topological polar surface area (TPSA) is 9.23 Å². The van der Waals surface area contributed by atoms with E-state index in [1.165, 1.54) is 0 Å². The molecule has 0 aliphatic carbocycles. The Bertz CT molecular complexity index is 166. The summed E-state index contributed by atoms with van der Waals surface area (Å²) in [5, 5.41) is 0. The molecule has 0 amide bonds. The summed E-state index contributed by atoms with van der Waals surface area (Å²) in [6.07, 6.45) is 5.64. The van der Waals surface area contributed by atoms with Crippen molar-refractivity contribution in [3.8, 4) is 0 Å². The fraction of sp³-hybridized carbons (Fsp3) is 0.455. The van der Waals surface area contributed by atoms with Gasteiger partial charge in [0.2, 0.25) is 0 Å². The molecule has 0 aromatic heterocycles. The highest BCUT2D eigenvalue weighted by Gasteiger charge is 1.97. The van der Waals surface area contributed by atoms with Crippen molar-refractivity contribution in [2.75, 3.05) is 7.11 Å². The van der Waals surface area contributed by atoms with E-state index in [9.17, 15) is 0 Å². The van der Waals surface area contributed by atoms with Gasteiger partial charge >= 0.3 is 0 Å². The molecular weight excluding hydrogens is 148 g/mol. The maximum atomic E-state index is 5.10. The molecule has 0 heterocycles. The SMILES string of the molecule is C.C=C/C(CCC)=C(\C=C)OC. The van der Waals surface area contributed by atoms with Crippen LogP contribution >= 0.6 is 0 Å². The van der Waals surface area contributed by atoms with E-state index in [0.29, 0.717) is 0 Å². The van der Waals surface area contributed by atoms with Gasteiger partial charge in [-0.2, -0.15) is 0 Å². The van der Waals surface area contributed by atoms with Gasteiger partial charge in [-0.05, 0) is 18.1 Å². The third-order valence-corrected chi connectivity index (χ3v) is 1.49. The average Bonchev–Trinajstić information content (AvgIpc) is 2.05. The summed E-state index contributed by atoms with van der Waals surface area (Å²) in [6.45, 7) is 9.49. The minimum absolute atomic E-state index is 0. The average molecular weight is 168 g/mol. The van der Waals surface area contributed by atoms with Crippen molar-refractivity contribution in [2.45, 2.75) is 27.2 Å². The minimum atomic E-state index is 0. The third kappa shape index (κ3) is 4.02. The summed E-state index contributed by atoms with van der Waals surface area (Å²) in [5.41, 5.74) is 1.13. The molecule has 0 N–H and O–H groups in total. The molecule has 0 aliphatic rings. The molecule has 0 fully saturated rings. The Kier molecular flexibility index (Phi) is 9.20. The van der Waals surface area contributed by atoms with Crippen LogP contribution in [0.1, 0.15) is 27.2 Å². The molecule has 0 aromatic carbocycles. The largest absolute Gasteiger partial charge is 0.497 e. The van der Waals surface area contributed by atoms with Gasteiger partial charge in [-0.15, -0.1) is 0 Å². The van der Waals surface area contributed by atoms with Crippen molar-refractivity contribution in [1.29, 1.82) is 0 Å². The van der Waals surface area contributed by atoms with E-state index in [0.717, 1.165) is 24.2 Å². The van der Waals surface area contributed by atoms with Crippen molar-refractivity contribution in [3.63, 3.8) is 0 Å². The molecule has 0 unspecified atom stereocenters. The van der Waals surface area contributed by atoms with E-state index in [1.54, 1.807) is 13.2 Å². The molecule has 70 valence electrons. The van der Waals surface area contributed by atoms with Crippen molar-refractivity contribution >= 4 is 0 Å². The highest BCUT2D eigenvalue weighted by atomic mass is 16.5. The Hall–Kier alpha value is -0.980. The van der Waals surface area contributed by atoms with Crippen LogP contribution in [0.2, 0.25) is 0 Å². The molecule has 0 rings (SSSR count). The minimum Gasteiger partial charge on any atom is -0.497 e. The number of hydrogen-bond donors (Lipinski definition) is 0. The Morgan fingerprint density at radius 1 is 1.33 bits per heavy atom. The molecule has 0 spiro atoms. The van der Waals surface area contributed by atoms with Crippen LogP contribution in [0.15, 0.2) is 36.6 Å². The van der Waals surface area contributed by atoms with Gasteiger partial charge in [0.15, 0.2) is 0 Å². The Morgan fingerprint density at radius 3 is 2.17 bits per heavy atom. The Morgan fingerprint density at radius 2 is 1.92 bits per heavy atom. The molecule has 12 heavy (non-hydrogen) atoms. The van der Waals surface area contributed by atoms with E-state index >= 15 is 0 Å². The first-order chi connectivity index (χ1) is 5.29. The molecular formula is C11H20O. The van der Waals surface area contributed by atoms with E-state index in [2.05, 4.69) is 20.1 Å². The van der Waals surface area contributed by atoms with Gasteiger partial charge in [-0.25, -0.2) is 0 Å². The van der Waals surface area contributed by atoms with E-state index in [4.69, 9.17) is 4.74 Å². The summed E-state index contributed by atoms with van der Waals surface area (Å²) < 4.78 is 5.10. The number of rotatable bonds is 5. The maximum absolute atomic E-state index is 5.10. The fourth-order valence-electron chi connectivity index (χ4n) is 0.941. The lowest BCUT2D eigenvalue weighted by Crippen LogP contribution is -1.88. The van der Waals surface area contributed by atoms with Crippen LogP contribution in [-0.4, -0.2) is 7.11 Å². The molecule has 0 saturated heterocycles. The van der Waals surface area contributed by atoms with Crippen LogP contribution in [0.3, 0.4) is 0 Å². The molecule has 0 saturated carbocycles. The zero-order valence-corrected chi connectivity index (χ0v) is 7.39. The lowest BCUT2D eigenvalue weighted by molar-refractivity contribution is 0.302. The van der Waals surface area contributed by atoms with Crippen LogP contribution in [0.25, 0.3) is 0 Å². The van der Waals surface area contributed by atoms with Gasteiger partial charge in [0.05, 0.1) is 7.11 Å². The quantitative estimate of drug-likeness (QED) is 0.449. The van der Waals surface area contributed by atoms with Crippen molar-refractivity contribution < 1.29 is 4.74 Å². The number of allylic oxidation sites excluding steroid dienone is 3. The number of hydrogen-bond acceptors (Lipinski definition) is 1. The summed E-state index contributed by atoms with van der Waals surface area (Å²) in [4.78, 5) is 0. The van der Waals surface area contributed by atoms with Gasteiger partial charge < -0.3 is 4.74 Å². The second-order valence-corrected chi connectivity index (χ2v) is 2.25. The number of methoxy groups -OCH3 is 1. The van der Waals surface area contributed by atoms with Crippen molar-refractivity contribution in [3.05, 3.63) is 36.6 Å². The molecule has 0 aliphatic heterocycles. The third-order valence-electron chi connectivity index (χ3n) is 1.49. The first-order valence-corrected chi connectivity index (χ1v) is 3.82. The fourth-order valence-corrected chi connectivity index (χ4v) is 0.941. The van der Waals surface area contributed by atoms with E-state index in [1.807, 2.05) is 6.08 Å². The smallest absolute Gasteiger partial charge is 0.121 e. The van der Waals surface area contributed by atoms with Crippen molar-refractivity contribution in [1.82, 2.24) is 0 Å². The zero-order valence-electron chi connectivity index (χ0n) is 7.39. The van der Waals surface area contributed by atoms with Gasteiger partial charge in [-0.1, -0.05) is 40.0 Å². The monoisotopic (exact) mass is 168 g/mol. The van der Waals surface area contributed by atoms with Gasteiger partial charge in [0.25, 0.3) is 0 Å². The molecule has 0 bridgehead atoms. The lowest BCUT2D eigenvalue weighted by Gasteiger charge is -2.05. The maximum Gasteiger partial charge on any atom is 0.121 e. The normalized spacial score (nSPS) is 10.8. The summed E-state index contributed by atoms with van der Waals surface area (Å²) in [5.74, 6) is 0.835. The lowest BCUT2D eigenvalue weighted by atomic mass is 10.1. The summed E-state index contributed by atoms with van der Waals surface area (Å²) in [7, 11) is 1.65. The Balaban J connectivity index is 0. The van der Waals surface area contributed by atoms with Gasteiger partial charge in [0, 0.05) is 0 Å². The van der Waals surface area contributed by atoms with Crippen molar-refractivity contribution in [2.24, 2.45) is 0 Å². The first-order valence-electron chi connectivity index (χ1n) is 3.82. The summed E-state index contributed by atoms with van der Waals surface area (Å²) >= 11 is 0. The molecule has 0 radical (unpaired) electrons. The first kappa shape index (κ1) is 13.6. The highest BCUT2D eigenvalue weighted by molar-refractivity contribution is 5.26. The van der Waals surface area contributed by atoms with Crippen LogP contribution in [0.5, 0.6) is 0 Å². The van der Waals surface area contributed by atoms with E-state index in [-0.39, 0.29) is 7.43 Å². The Labute approximate surface area is 76.4 Å². The second kappa shape index (κ2) is 8.12. The second-order valence-electron chi connectivity index (χ2n) is 2.25. The standard InChI is InChI=1S/C10H16O.CH4/c1-5-8-9(6-2)10(7-3)11-4;/h6-7H,2-3,5,8H2,1,4H3;1H4/b10-9-;. The molecule has 0 aromatic rings. The molecule has 1 heteroatoms. The van der Waals surface area contributed by atoms with Gasteiger partial charge in [0.1, 0.15) is 5.76 Å². The van der Waals surface area contributed by atoms with Crippen LogP contribution in [0.4, 0.5) is 0 Å². The molecule has 0 atom stereocenters. The van der Waals surface area contributed by atoms with Crippen LogP contribution in [-0.2, 0) is 4.74 Å². The van der Waals surface area contributed by atoms with Gasteiger partial charge in [-0.3, -0.25) is 0 Å². The predicted octanol–water partition coefficient (Wildman–Crippen LogP) is 3.70. The number of ether oxygens (including phenoxy) is 1. The van der Waals surface area contributed by atoms with E-state index < -0.39 is 0 Å². The predicted molar refractivity (Wildman–Crippen MR) is 56.1 cm³/mol. The van der Waals surface area contributed by atoms with Crippen LogP contribution in [0, 0.1) is 0 Å². The molecule has 1 nitrogen and oxygen atoms in total. The zero-order chi connectivity index (χ0) is 8.69. The summed E-state index contributed by atoms with van der Waals surface area (Å²) in [6, 6.07) is 0. The van der Waals surface area contributed by atoms with Crippen LogP contribution < -0.4 is 0 Å². The highest BCUT2D eigenvalue weighted by Crippen LogP contribution is 2.13.